The molecule has 0 aliphatic carbocycles. The summed E-state index contributed by atoms with van der Waals surface area (Å²) in [4.78, 5) is 14.4. The van der Waals surface area contributed by atoms with Gasteiger partial charge in [0.2, 0.25) is 0 Å². The summed E-state index contributed by atoms with van der Waals surface area (Å²) in [5, 5.41) is 0.881. The molecule has 0 spiro atoms. The standard InChI is InChI=1S/C15H10FNO/c16-11-7-5-10(6-8-11)15-13(9-18)12-3-1-2-4-14(12)17-15/h1-9,17H. The quantitative estimate of drug-likeness (QED) is 0.678. The van der Waals surface area contributed by atoms with Gasteiger partial charge in [0.25, 0.3) is 0 Å². The Labute approximate surface area is 103 Å². The highest BCUT2D eigenvalue weighted by Gasteiger charge is 2.11. The number of rotatable bonds is 2. The normalized spacial score (nSPS) is 10.7. The molecule has 0 saturated carbocycles. The molecule has 0 aliphatic rings. The molecule has 1 heterocycles. The van der Waals surface area contributed by atoms with Gasteiger partial charge < -0.3 is 4.98 Å². The van der Waals surface area contributed by atoms with Crippen molar-refractivity contribution in [3.8, 4) is 11.3 Å². The van der Waals surface area contributed by atoms with Gasteiger partial charge in [-0.05, 0) is 35.9 Å². The summed E-state index contributed by atoms with van der Waals surface area (Å²) >= 11 is 0. The second-order valence-electron chi connectivity index (χ2n) is 4.08. The number of aromatic nitrogens is 1. The van der Waals surface area contributed by atoms with Crippen molar-refractivity contribution in [2.75, 3.05) is 0 Å². The molecule has 3 heteroatoms. The smallest absolute Gasteiger partial charge is 0.152 e. The molecule has 0 atom stereocenters. The summed E-state index contributed by atoms with van der Waals surface area (Å²) in [6, 6.07) is 13.7. The average molecular weight is 239 g/mol. The molecule has 0 fully saturated rings. The second-order valence-corrected chi connectivity index (χ2v) is 4.08. The van der Waals surface area contributed by atoms with Gasteiger partial charge in [-0.25, -0.2) is 4.39 Å². The number of fused-ring (bicyclic) bond motifs is 1. The van der Waals surface area contributed by atoms with Crippen LogP contribution in [0.2, 0.25) is 0 Å². The van der Waals surface area contributed by atoms with Gasteiger partial charge >= 0.3 is 0 Å². The van der Waals surface area contributed by atoms with E-state index in [0.29, 0.717) is 5.56 Å². The molecular formula is C15H10FNO. The highest BCUT2D eigenvalue weighted by molar-refractivity contribution is 6.04. The van der Waals surface area contributed by atoms with E-state index in [1.165, 1.54) is 12.1 Å². The van der Waals surface area contributed by atoms with Crippen molar-refractivity contribution in [1.29, 1.82) is 0 Å². The maximum Gasteiger partial charge on any atom is 0.152 e. The number of benzene rings is 2. The number of para-hydroxylation sites is 1. The van der Waals surface area contributed by atoms with E-state index in [-0.39, 0.29) is 5.82 Å². The molecule has 3 aromatic rings. The molecule has 88 valence electrons. The summed E-state index contributed by atoms with van der Waals surface area (Å²) in [6.45, 7) is 0. The van der Waals surface area contributed by atoms with Crippen molar-refractivity contribution >= 4 is 17.2 Å². The minimum Gasteiger partial charge on any atom is -0.354 e. The number of H-pyrrole nitrogens is 1. The Morgan fingerprint density at radius 2 is 1.72 bits per heavy atom. The van der Waals surface area contributed by atoms with Crippen LogP contribution in [-0.4, -0.2) is 11.3 Å². The van der Waals surface area contributed by atoms with Crippen molar-refractivity contribution < 1.29 is 9.18 Å². The van der Waals surface area contributed by atoms with Crippen molar-refractivity contribution in [2.45, 2.75) is 0 Å². The number of aldehydes is 1. The third-order valence-corrected chi connectivity index (χ3v) is 3.00. The van der Waals surface area contributed by atoms with E-state index in [1.54, 1.807) is 12.1 Å². The van der Waals surface area contributed by atoms with Crippen LogP contribution in [0.1, 0.15) is 10.4 Å². The first kappa shape index (κ1) is 10.7. The molecule has 2 aromatic carbocycles. The van der Waals surface area contributed by atoms with E-state index in [4.69, 9.17) is 0 Å². The Hall–Kier alpha value is -2.42. The number of aromatic amines is 1. The van der Waals surface area contributed by atoms with E-state index < -0.39 is 0 Å². The van der Waals surface area contributed by atoms with Crippen LogP contribution in [0.3, 0.4) is 0 Å². The summed E-state index contributed by atoms with van der Waals surface area (Å²) < 4.78 is 12.9. The third kappa shape index (κ3) is 1.61. The Morgan fingerprint density at radius 1 is 1.00 bits per heavy atom. The number of nitrogens with one attached hydrogen (secondary N) is 1. The van der Waals surface area contributed by atoms with Crippen molar-refractivity contribution in [2.24, 2.45) is 0 Å². The van der Waals surface area contributed by atoms with E-state index in [9.17, 15) is 9.18 Å². The highest BCUT2D eigenvalue weighted by Crippen LogP contribution is 2.28. The number of halogens is 1. The first-order valence-electron chi connectivity index (χ1n) is 5.61. The fourth-order valence-electron chi connectivity index (χ4n) is 2.13. The molecule has 0 unspecified atom stereocenters. The monoisotopic (exact) mass is 239 g/mol. The van der Waals surface area contributed by atoms with Gasteiger partial charge in [-0.2, -0.15) is 0 Å². The number of hydrogen-bond donors (Lipinski definition) is 1. The van der Waals surface area contributed by atoms with Gasteiger partial charge in [-0.1, -0.05) is 18.2 Å². The first-order valence-corrected chi connectivity index (χ1v) is 5.61. The fourth-order valence-corrected chi connectivity index (χ4v) is 2.13. The van der Waals surface area contributed by atoms with Gasteiger partial charge in [0.15, 0.2) is 6.29 Å². The van der Waals surface area contributed by atoms with Crippen LogP contribution in [0.15, 0.2) is 48.5 Å². The Bertz CT molecular complexity index is 713. The summed E-state index contributed by atoms with van der Waals surface area (Å²) in [6.07, 6.45) is 0.831. The number of carbonyl (C=O) groups excluding carboxylic acids is 1. The largest absolute Gasteiger partial charge is 0.354 e. The van der Waals surface area contributed by atoms with Crippen LogP contribution in [0.5, 0.6) is 0 Å². The third-order valence-electron chi connectivity index (χ3n) is 3.00. The van der Waals surface area contributed by atoms with Crippen LogP contribution in [-0.2, 0) is 0 Å². The summed E-state index contributed by atoms with van der Waals surface area (Å²) in [5.74, 6) is -0.289. The Kier molecular flexibility index (Phi) is 2.45. The van der Waals surface area contributed by atoms with Crippen LogP contribution in [0.4, 0.5) is 4.39 Å². The van der Waals surface area contributed by atoms with Crippen LogP contribution in [0.25, 0.3) is 22.2 Å². The van der Waals surface area contributed by atoms with E-state index in [1.807, 2.05) is 24.3 Å². The zero-order valence-electron chi connectivity index (χ0n) is 9.48. The van der Waals surface area contributed by atoms with Gasteiger partial charge in [0.1, 0.15) is 5.82 Å². The minimum absolute atomic E-state index is 0.289. The second kappa shape index (κ2) is 4.11. The van der Waals surface area contributed by atoms with E-state index >= 15 is 0 Å². The first-order chi connectivity index (χ1) is 8.79. The molecule has 2 nitrogen and oxygen atoms in total. The Balaban J connectivity index is 2.28. The molecule has 18 heavy (non-hydrogen) atoms. The van der Waals surface area contributed by atoms with Gasteiger partial charge in [0, 0.05) is 16.5 Å². The molecule has 1 N–H and O–H groups in total. The maximum atomic E-state index is 12.9. The topological polar surface area (TPSA) is 32.9 Å². The highest BCUT2D eigenvalue weighted by atomic mass is 19.1. The van der Waals surface area contributed by atoms with Crippen molar-refractivity contribution in [3.63, 3.8) is 0 Å². The molecule has 0 radical (unpaired) electrons. The molecule has 0 amide bonds. The molecule has 0 saturated heterocycles. The predicted octanol–water partition coefficient (Wildman–Crippen LogP) is 3.79. The van der Waals surface area contributed by atoms with E-state index in [2.05, 4.69) is 4.98 Å². The molecule has 0 aliphatic heterocycles. The molecule has 3 rings (SSSR count). The van der Waals surface area contributed by atoms with Gasteiger partial charge in [-0.15, -0.1) is 0 Å². The number of carbonyl (C=O) groups is 1. The van der Waals surface area contributed by atoms with Gasteiger partial charge in [0.05, 0.1) is 5.69 Å². The molecule has 0 bridgehead atoms. The fraction of sp³-hybridized carbons (Fsp3) is 0. The lowest BCUT2D eigenvalue weighted by atomic mass is 10.1. The van der Waals surface area contributed by atoms with Crippen molar-refractivity contribution in [1.82, 2.24) is 4.98 Å². The number of hydrogen-bond acceptors (Lipinski definition) is 1. The lowest BCUT2D eigenvalue weighted by Crippen LogP contribution is -1.84. The molecule has 1 aromatic heterocycles. The lowest BCUT2D eigenvalue weighted by molar-refractivity contribution is 0.112. The predicted molar refractivity (Wildman–Crippen MR) is 69.1 cm³/mol. The van der Waals surface area contributed by atoms with E-state index in [0.717, 1.165) is 28.4 Å². The van der Waals surface area contributed by atoms with Crippen LogP contribution in [0, 0.1) is 5.82 Å². The Morgan fingerprint density at radius 3 is 2.44 bits per heavy atom. The minimum atomic E-state index is -0.289. The lowest BCUT2D eigenvalue weighted by Gasteiger charge is -1.99. The van der Waals surface area contributed by atoms with Gasteiger partial charge in [-0.3, -0.25) is 4.79 Å². The van der Waals surface area contributed by atoms with Crippen LogP contribution >= 0.6 is 0 Å². The maximum absolute atomic E-state index is 12.9. The molecular weight excluding hydrogens is 229 g/mol. The van der Waals surface area contributed by atoms with Crippen LogP contribution < -0.4 is 0 Å². The zero-order chi connectivity index (χ0) is 12.5. The SMILES string of the molecule is O=Cc1c(-c2ccc(F)cc2)[nH]c2ccccc12. The summed E-state index contributed by atoms with van der Waals surface area (Å²) in [7, 11) is 0. The zero-order valence-corrected chi connectivity index (χ0v) is 9.48. The summed E-state index contributed by atoms with van der Waals surface area (Å²) in [5.41, 5.74) is 3.04. The van der Waals surface area contributed by atoms with Crippen molar-refractivity contribution in [3.05, 3.63) is 59.9 Å². The average Bonchev–Trinajstić information content (AvgIpc) is 2.78.